The van der Waals surface area contributed by atoms with Gasteiger partial charge in [-0.1, -0.05) is 0 Å². The maximum absolute atomic E-state index is 12.3. The first-order valence-electron chi connectivity index (χ1n) is 6.78. The maximum atomic E-state index is 12.3. The van der Waals surface area contributed by atoms with Crippen LogP contribution in [0.4, 0.5) is 0 Å². The molecule has 1 saturated heterocycles. The van der Waals surface area contributed by atoms with Crippen molar-refractivity contribution >= 4 is 21.7 Å². The molecule has 1 fully saturated rings. The third-order valence-corrected chi connectivity index (χ3v) is 3.88. The van der Waals surface area contributed by atoms with Gasteiger partial charge in [-0.3, -0.25) is 9.48 Å². The van der Waals surface area contributed by atoms with Crippen LogP contribution in [0.25, 0.3) is 0 Å². The molecule has 7 heteroatoms. The van der Waals surface area contributed by atoms with Crippen molar-refractivity contribution in [1.29, 1.82) is 0 Å². The van der Waals surface area contributed by atoms with Crippen LogP contribution < -0.4 is 5.32 Å². The summed E-state index contributed by atoms with van der Waals surface area (Å²) in [6.07, 6.45) is 3.72. The molecule has 0 atom stereocenters. The number of carbonyl (C=O) groups excluding carboxylic acids is 1. The van der Waals surface area contributed by atoms with E-state index in [2.05, 4.69) is 26.3 Å². The number of halogens is 1. The van der Waals surface area contributed by atoms with Gasteiger partial charge in [0.1, 0.15) is 12.3 Å². The number of rotatable bonds is 7. The van der Waals surface area contributed by atoms with E-state index >= 15 is 0 Å². The van der Waals surface area contributed by atoms with Gasteiger partial charge in [-0.15, -0.1) is 0 Å². The van der Waals surface area contributed by atoms with Gasteiger partial charge in [-0.25, -0.2) is 0 Å². The first-order chi connectivity index (χ1) is 9.72. The number of nitrogens with one attached hydrogen (secondary N) is 1. The SMILES string of the molecule is COCCn1ncc(Br)c1C(=O)COC1CCNCC1. The Bertz CT molecular complexity index is 444. The lowest BCUT2D eigenvalue weighted by molar-refractivity contribution is 0.0310. The van der Waals surface area contributed by atoms with Crippen molar-refractivity contribution in [3.05, 3.63) is 16.4 Å². The van der Waals surface area contributed by atoms with Crippen molar-refractivity contribution in [3.8, 4) is 0 Å². The number of hydrogen-bond donors (Lipinski definition) is 1. The van der Waals surface area contributed by atoms with E-state index in [1.165, 1.54) is 0 Å². The summed E-state index contributed by atoms with van der Waals surface area (Å²) in [6.45, 7) is 3.07. The van der Waals surface area contributed by atoms with E-state index in [0.717, 1.165) is 25.9 Å². The molecule has 2 heterocycles. The quantitative estimate of drug-likeness (QED) is 0.753. The molecule has 0 unspecified atom stereocenters. The Morgan fingerprint density at radius 3 is 3.00 bits per heavy atom. The van der Waals surface area contributed by atoms with Gasteiger partial charge in [0.05, 0.1) is 29.9 Å². The highest BCUT2D eigenvalue weighted by atomic mass is 79.9. The lowest BCUT2D eigenvalue weighted by Gasteiger charge is -2.22. The third-order valence-electron chi connectivity index (χ3n) is 3.30. The Morgan fingerprint density at radius 2 is 2.30 bits per heavy atom. The van der Waals surface area contributed by atoms with Crippen molar-refractivity contribution in [1.82, 2.24) is 15.1 Å². The van der Waals surface area contributed by atoms with Gasteiger partial charge in [0.25, 0.3) is 0 Å². The van der Waals surface area contributed by atoms with Crippen molar-refractivity contribution in [2.75, 3.05) is 33.4 Å². The second-order valence-corrected chi connectivity index (χ2v) is 5.59. The minimum Gasteiger partial charge on any atom is -0.383 e. The molecule has 2 rings (SSSR count). The number of methoxy groups -OCH3 is 1. The number of Topliss-reactive ketones (excluding diaryl/α,β-unsaturated/α-hetero) is 1. The lowest BCUT2D eigenvalue weighted by Crippen LogP contribution is -2.33. The molecule has 0 bridgehead atoms. The molecule has 1 aromatic rings. The first kappa shape index (κ1) is 15.6. The highest BCUT2D eigenvalue weighted by Gasteiger charge is 2.20. The molecule has 112 valence electrons. The molecule has 0 spiro atoms. The average Bonchev–Trinajstić information content (AvgIpc) is 2.84. The Balaban J connectivity index is 1.92. The summed E-state index contributed by atoms with van der Waals surface area (Å²) in [5.41, 5.74) is 0.552. The van der Waals surface area contributed by atoms with E-state index in [9.17, 15) is 4.79 Å². The van der Waals surface area contributed by atoms with Crippen LogP contribution in [0.3, 0.4) is 0 Å². The second kappa shape index (κ2) is 7.87. The second-order valence-electron chi connectivity index (χ2n) is 4.74. The monoisotopic (exact) mass is 345 g/mol. The number of aromatic nitrogens is 2. The van der Waals surface area contributed by atoms with E-state index in [0.29, 0.717) is 23.3 Å². The van der Waals surface area contributed by atoms with Crippen molar-refractivity contribution in [2.24, 2.45) is 0 Å². The van der Waals surface area contributed by atoms with Gasteiger partial charge < -0.3 is 14.8 Å². The van der Waals surface area contributed by atoms with Crippen LogP contribution in [-0.4, -0.2) is 55.1 Å². The summed E-state index contributed by atoms with van der Waals surface area (Å²) in [4.78, 5) is 12.3. The van der Waals surface area contributed by atoms with Crippen molar-refractivity contribution in [3.63, 3.8) is 0 Å². The number of ketones is 1. The highest BCUT2D eigenvalue weighted by molar-refractivity contribution is 9.10. The normalized spacial score (nSPS) is 16.5. The van der Waals surface area contributed by atoms with Gasteiger partial charge >= 0.3 is 0 Å². The standard InChI is InChI=1S/C13H20BrN3O3/c1-19-7-6-17-13(11(14)8-16-17)12(18)9-20-10-2-4-15-5-3-10/h8,10,15H,2-7,9H2,1H3. The number of nitrogens with zero attached hydrogens (tertiary/aromatic N) is 2. The van der Waals surface area contributed by atoms with Gasteiger partial charge in [0.2, 0.25) is 5.78 Å². The molecule has 20 heavy (non-hydrogen) atoms. The van der Waals surface area contributed by atoms with Crippen LogP contribution in [0, 0.1) is 0 Å². The van der Waals surface area contributed by atoms with Crippen molar-refractivity contribution < 1.29 is 14.3 Å². The molecular formula is C13H20BrN3O3. The Kier molecular flexibility index (Phi) is 6.15. The van der Waals surface area contributed by atoms with Crippen LogP contribution >= 0.6 is 15.9 Å². The van der Waals surface area contributed by atoms with Gasteiger partial charge in [-0.05, 0) is 41.9 Å². The Labute approximate surface area is 126 Å². The Morgan fingerprint density at radius 1 is 1.55 bits per heavy atom. The average molecular weight is 346 g/mol. The summed E-state index contributed by atoms with van der Waals surface area (Å²) >= 11 is 3.37. The topological polar surface area (TPSA) is 65.4 Å². The summed E-state index contributed by atoms with van der Waals surface area (Å²) in [7, 11) is 1.63. The molecule has 1 N–H and O–H groups in total. The molecule has 0 radical (unpaired) electrons. The molecule has 1 aromatic heterocycles. The summed E-state index contributed by atoms with van der Waals surface area (Å²) < 4.78 is 13.1. The predicted molar refractivity (Wildman–Crippen MR) is 78.0 cm³/mol. The van der Waals surface area contributed by atoms with Crippen LogP contribution in [0.15, 0.2) is 10.7 Å². The van der Waals surface area contributed by atoms with E-state index < -0.39 is 0 Å². The Hall–Kier alpha value is -0.760. The largest absolute Gasteiger partial charge is 0.383 e. The number of hydrogen-bond acceptors (Lipinski definition) is 5. The zero-order chi connectivity index (χ0) is 14.4. The zero-order valence-corrected chi connectivity index (χ0v) is 13.2. The molecule has 1 aliphatic rings. The smallest absolute Gasteiger partial charge is 0.207 e. The van der Waals surface area contributed by atoms with Crippen LogP contribution in [0.1, 0.15) is 23.3 Å². The van der Waals surface area contributed by atoms with Crippen LogP contribution in [0.5, 0.6) is 0 Å². The summed E-state index contributed by atoms with van der Waals surface area (Å²) in [6, 6.07) is 0. The number of carbonyl (C=O) groups is 1. The lowest BCUT2D eigenvalue weighted by atomic mass is 10.1. The van der Waals surface area contributed by atoms with Gasteiger partial charge in [0.15, 0.2) is 0 Å². The summed E-state index contributed by atoms with van der Waals surface area (Å²) in [5, 5.41) is 7.44. The van der Waals surface area contributed by atoms with Crippen molar-refractivity contribution in [2.45, 2.75) is 25.5 Å². The van der Waals surface area contributed by atoms with Gasteiger partial charge in [0, 0.05) is 7.11 Å². The fourth-order valence-corrected chi connectivity index (χ4v) is 2.73. The van der Waals surface area contributed by atoms with E-state index in [-0.39, 0.29) is 18.5 Å². The fraction of sp³-hybridized carbons (Fsp3) is 0.692. The molecular weight excluding hydrogens is 326 g/mol. The third kappa shape index (κ3) is 4.12. The molecule has 0 saturated carbocycles. The first-order valence-corrected chi connectivity index (χ1v) is 7.57. The predicted octanol–water partition coefficient (Wildman–Crippen LogP) is 1.24. The molecule has 0 aliphatic carbocycles. The summed E-state index contributed by atoms with van der Waals surface area (Å²) in [5.74, 6) is -0.0518. The van der Waals surface area contributed by atoms with Crippen LogP contribution in [-0.2, 0) is 16.0 Å². The number of ether oxygens (including phenoxy) is 2. The molecule has 1 aliphatic heterocycles. The van der Waals surface area contributed by atoms with Crippen LogP contribution in [0.2, 0.25) is 0 Å². The van der Waals surface area contributed by atoms with E-state index in [4.69, 9.17) is 9.47 Å². The minimum absolute atomic E-state index is 0.0518. The van der Waals surface area contributed by atoms with Gasteiger partial charge in [-0.2, -0.15) is 5.10 Å². The molecule has 0 aromatic carbocycles. The zero-order valence-electron chi connectivity index (χ0n) is 11.6. The van der Waals surface area contributed by atoms with E-state index in [1.54, 1.807) is 18.0 Å². The molecule has 6 nitrogen and oxygen atoms in total. The maximum Gasteiger partial charge on any atom is 0.207 e. The highest BCUT2D eigenvalue weighted by Crippen LogP contribution is 2.17. The number of piperidine rings is 1. The molecule has 0 amide bonds. The minimum atomic E-state index is -0.0518. The fourth-order valence-electron chi connectivity index (χ4n) is 2.21. The van der Waals surface area contributed by atoms with E-state index in [1.807, 2.05) is 0 Å².